The fourth-order valence-electron chi connectivity index (χ4n) is 5.33. The number of aryl methyl sites for hydroxylation is 1. The van der Waals surface area contributed by atoms with Crippen molar-refractivity contribution in [3.63, 3.8) is 0 Å². The van der Waals surface area contributed by atoms with Crippen molar-refractivity contribution < 1.29 is 4.79 Å². The quantitative estimate of drug-likeness (QED) is 0.831. The summed E-state index contributed by atoms with van der Waals surface area (Å²) in [5.41, 5.74) is 7.76. The average molecular weight is 274 g/mol. The number of hydrogen-bond donors (Lipinski definition) is 2. The van der Waals surface area contributed by atoms with Crippen LogP contribution in [0.1, 0.15) is 43.8 Å². The summed E-state index contributed by atoms with van der Waals surface area (Å²) in [6.07, 6.45) is 7.49. The molecule has 3 N–H and O–H groups in total. The van der Waals surface area contributed by atoms with Gasteiger partial charge >= 0.3 is 0 Å². The molecule has 5 rings (SSSR count). The van der Waals surface area contributed by atoms with Crippen molar-refractivity contribution in [1.82, 2.24) is 9.78 Å². The van der Waals surface area contributed by atoms with E-state index in [9.17, 15) is 4.79 Å². The van der Waals surface area contributed by atoms with Gasteiger partial charge in [0.2, 0.25) is 6.41 Å². The molecule has 1 aromatic heterocycles. The summed E-state index contributed by atoms with van der Waals surface area (Å²) in [5, 5.41) is 7.34. The molecule has 1 heterocycles. The summed E-state index contributed by atoms with van der Waals surface area (Å²) in [5.74, 6) is 3.99. The highest BCUT2D eigenvalue weighted by Crippen LogP contribution is 2.58. The van der Waals surface area contributed by atoms with Crippen LogP contribution >= 0.6 is 0 Å². The van der Waals surface area contributed by atoms with Gasteiger partial charge in [0.1, 0.15) is 11.5 Å². The molecule has 108 valence electrons. The van der Waals surface area contributed by atoms with E-state index < -0.39 is 0 Å². The second kappa shape index (κ2) is 4.24. The molecule has 0 aromatic carbocycles. The zero-order chi connectivity index (χ0) is 13.9. The van der Waals surface area contributed by atoms with Crippen molar-refractivity contribution in [2.75, 3.05) is 11.1 Å². The van der Waals surface area contributed by atoms with Gasteiger partial charge in [0.05, 0.1) is 11.7 Å². The molecular weight excluding hydrogens is 252 g/mol. The fourth-order valence-corrected chi connectivity index (χ4v) is 5.33. The predicted octanol–water partition coefficient (Wildman–Crippen LogP) is 2.34. The molecule has 4 aliphatic rings. The Morgan fingerprint density at radius 2 is 1.80 bits per heavy atom. The lowest BCUT2D eigenvalue weighted by Gasteiger charge is -2.54. The van der Waals surface area contributed by atoms with Gasteiger partial charge in [-0.25, -0.2) is 4.68 Å². The van der Waals surface area contributed by atoms with Crippen molar-refractivity contribution in [3.8, 4) is 0 Å². The minimum Gasteiger partial charge on any atom is -0.382 e. The van der Waals surface area contributed by atoms with E-state index in [0.717, 1.165) is 29.4 Å². The van der Waals surface area contributed by atoms with Crippen molar-refractivity contribution in [1.29, 1.82) is 0 Å². The molecule has 0 aliphatic heterocycles. The third-order valence-corrected chi connectivity index (χ3v) is 5.79. The molecular formula is C15H22N4O. The van der Waals surface area contributed by atoms with E-state index in [0.29, 0.717) is 24.0 Å². The van der Waals surface area contributed by atoms with Gasteiger partial charge in [-0.2, -0.15) is 5.10 Å². The Kier molecular flexibility index (Phi) is 2.59. The lowest BCUT2D eigenvalue weighted by Crippen LogP contribution is -2.46. The van der Waals surface area contributed by atoms with Gasteiger partial charge in [-0.15, -0.1) is 0 Å². The molecule has 0 atom stereocenters. The lowest BCUT2D eigenvalue weighted by atomic mass is 9.54. The zero-order valence-electron chi connectivity index (χ0n) is 11.9. The molecule has 4 aliphatic carbocycles. The molecule has 5 heteroatoms. The van der Waals surface area contributed by atoms with Crippen LogP contribution in [0.15, 0.2) is 0 Å². The van der Waals surface area contributed by atoms with Crippen LogP contribution < -0.4 is 11.1 Å². The first kappa shape index (κ1) is 12.2. The van der Waals surface area contributed by atoms with Crippen LogP contribution in [0.3, 0.4) is 0 Å². The van der Waals surface area contributed by atoms with E-state index in [1.54, 1.807) is 0 Å². The Hall–Kier alpha value is -1.52. The van der Waals surface area contributed by atoms with Crippen LogP contribution in [0.5, 0.6) is 0 Å². The van der Waals surface area contributed by atoms with Crippen molar-refractivity contribution in [3.05, 3.63) is 5.69 Å². The minimum atomic E-state index is 0.448. The van der Waals surface area contributed by atoms with Crippen molar-refractivity contribution in [2.45, 2.75) is 45.1 Å². The van der Waals surface area contributed by atoms with E-state index in [2.05, 4.69) is 10.4 Å². The summed E-state index contributed by atoms with van der Waals surface area (Å²) in [4.78, 5) is 10.7. The monoisotopic (exact) mass is 274 g/mol. The zero-order valence-corrected chi connectivity index (χ0v) is 11.9. The van der Waals surface area contributed by atoms with Gasteiger partial charge in [-0.1, -0.05) is 0 Å². The van der Waals surface area contributed by atoms with Crippen molar-refractivity contribution in [2.24, 2.45) is 23.7 Å². The normalized spacial score (nSPS) is 38.1. The number of amides is 1. The van der Waals surface area contributed by atoms with E-state index >= 15 is 0 Å². The van der Waals surface area contributed by atoms with Crippen LogP contribution in [0.2, 0.25) is 0 Å². The number of hydrogen-bond acceptors (Lipinski definition) is 3. The molecule has 5 nitrogen and oxygen atoms in total. The number of nitrogens with one attached hydrogen (secondary N) is 1. The first-order valence-corrected chi connectivity index (χ1v) is 7.72. The topological polar surface area (TPSA) is 72.9 Å². The van der Waals surface area contributed by atoms with Gasteiger partial charge < -0.3 is 11.1 Å². The Morgan fingerprint density at radius 3 is 2.35 bits per heavy atom. The van der Waals surface area contributed by atoms with Crippen LogP contribution in [-0.2, 0) is 4.79 Å². The Bertz CT molecular complexity index is 522. The standard InChI is InChI=1S/C15H22N4O/c1-8-13(17-7-20)15(16)19(18-8)14-11-3-9-2-10(5-11)6-12(14)4-9/h7,9-12,14H,2-6,16H2,1H3,(H,17,20). The largest absolute Gasteiger partial charge is 0.382 e. The SMILES string of the molecule is Cc1nn(C2C3CC4CC(C3)CC2C4)c(N)c1NC=O. The predicted molar refractivity (Wildman–Crippen MR) is 77.1 cm³/mol. The summed E-state index contributed by atoms with van der Waals surface area (Å²) >= 11 is 0. The van der Waals surface area contributed by atoms with Gasteiger partial charge in [0.25, 0.3) is 0 Å². The van der Waals surface area contributed by atoms with Crippen LogP contribution in [-0.4, -0.2) is 16.2 Å². The second-order valence-corrected chi connectivity index (χ2v) is 6.97. The Labute approximate surface area is 118 Å². The van der Waals surface area contributed by atoms with E-state index in [-0.39, 0.29) is 0 Å². The third kappa shape index (κ3) is 1.61. The smallest absolute Gasteiger partial charge is 0.211 e. The molecule has 4 fully saturated rings. The highest BCUT2D eigenvalue weighted by molar-refractivity contribution is 5.79. The molecule has 4 bridgehead atoms. The highest BCUT2D eigenvalue weighted by atomic mass is 16.1. The summed E-state index contributed by atoms with van der Waals surface area (Å²) in [7, 11) is 0. The summed E-state index contributed by atoms with van der Waals surface area (Å²) in [6, 6.07) is 0.448. The summed E-state index contributed by atoms with van der Waals surface area (Å²) < 4.78 is 2.02. The maximum Gasteiger partial charge on any atom is 0.211 e. The number of carbonyl (C=O) groups is 1. The number of anilines is 2. The molecule has 1 aromatic rings. The molecule has 0 saturated heterocycles. The van der Waals surface area contributed by atoms with Crippen LogP contribution in [0.4, 0.5) is 11.5 Å². The maximum atomic E-state index is 10.7. The Morgan fingerprint density at radius 1 is 1.20 bits per heavy atom. The number of carbonyl (C=O) groups excluding carboxylic acids is 1. The van der Waals surface area contributed by atoms with Gasteiger partial charge in [-0.3, -0.25) is 4.79 Å². The fraction of sp³-hybridized carbons (Fsp3) is 0.733. The number of nitrogen functional groups attached to an aromatic ring is 1. The van der Waals surface area contributed by atoms with Crippen LogP contribution in [0.25, 0.3) is 0 Å². The average Bonchev–Trinajstić information content (AvgIpc) is 2.66. The van der Waals surface area contributed by atoms with Crippen LogP contribution in [0, 0.1) is 30.6 Å². The molecule has 1 amide bonds. The number of rotatable bonds is 3. The Balaban J connectivity index is 1.71. The lowest BCUT2D eigenvalue weighted by molar-refractivity contribution is -0.105. The number of aromatic nitrogens is 2. The second-order valence-electron chi connectivity index (χ2n) is 6.97. The summed E-state index contributed by atoms with van der Waals surface area (Å²) in [6.45, 7) is 1.91. The highest BCUT2D eigenvalue weighted by Gasteiger charge is 2.49. The first-order valence-electron chi connectivity index (χ1n) is 7.72. The van der Waals surface area contributed by atoms with Gasteiger partial charge in [0.15, 0.2) is 0 Å². The third-order valence-electron chi connectivity index (χ3n) is 5.79. The number of nitrogens with two attached hydrogens (primary N) is 1. The molecule has 20 heavy (non-hydrogen) atoms. The minimum absolute atomic E-state index is 0.448. The van der Waals surface area contributed by atoms with Gasteiger partial charge in [0, 0.05) is 0 Å². The van der Waals surface area contributed by atoms with Gasteiger partial charge in [-0.05, 0) is 62.7 Å². The van der Waals surface area contributed by atoms with E-state index in [4.69, 9.17) is 5.73 Å². The van der Waals surface area contributed by atoms with Crippen molar-refractivity contribution >= 4 is 17.9 Å². The van der Waals surface area contributed by atoms with E-state index in [1.165, 1.54) is 32.1 Å². The molecule has 0 unspecified atom stereocenters. The first-order chi connectivity index (χ1) is 9.67. The molecule has 4 saturated carbocycles. The van der Waals surface area contributed by atoms with E-state index in [1.807, 2.05) is 11.6 Å². The molecule has 0 spiro atoms. The number of nitrogens with zero attached hydrogens (tertiary/aromatic N) is 2. The maximum absolute atomic E-state index is 10.7. The molecule has 0 radical (unpaired) electrons.